The summed E-state index contributed by atoms with van der Waals surface area (Å²) < 4.78 is 50.9. The number of halogens is 2. The number of carbonyl (C=O) groups excluding carboxylic acids is 1. The summed E-state index contributed by atoms with van der Waals surface area (Å²) in [7, 11) is -3.24. The molecule has 0 aliphatic rings. The van der Waals surface area contributed by atoms with E-state index in [2.05, 4.69) is 10.0 Å². The molecule has 0 heterocycles. The molecule has 0 bridgehead atoms. The molecule has 24 heavy (non-hydrogen) atoms. The number of sulfonamides is 1. The van der Waals surface area contributed by atoms with E-state index in [1.54, 1.807) is 12.1 Å². The van der Waals surface area contributed by atoms with Crippen LogP contribution in [0.1, 0.15) is 15.9 Å². The van der Waals surface area contributed by atoms with Gasteiger partial charge in [0.15, 0.2) is 0 Å². The second kappa shape index (κ2) is 7.50. The highest BCUT2D eigenvalue weighted by atomic mass is 32.2. The molecule has 2 aromatic carbocycles. The van der Waals surface area contributed by atoms with Crippen LogP contribution in [0.15, 0.2) is 42.5 Å². The lowest BCUT2D eigenvalue weighted by atomic mass is 10.1. The number of rotatable bonds is 6. The van der Waals surface area contributed by atoms with Crippen LogP contribution in [-0.2, 0) is 16.4 Å². The van der Waals surface area contributed by atoms with Crippen LogP contribution in [-0.4, -0.2) is 27.1 Å². The van der Waals surface area contributed by atoms with E-state index in [1.165, 1.54) is 12.1 Å². The summed E-state index contributed by atoms with van der Waals surface area (Å²) in [5, 5.41) is 2.30. The van der Waals surface area contributed by atoms with Crippen molar-refractivity contribution in [2.45, 2.75) is 6.42 Å². The van der Waals surface area contributed by atoms with Crippen molar-refractivity contribution < 1.29 is 22.0 Å². The Bertz CT molecular complexity index is 837. The second-order valence-corrected chi connectivity index (χ2v) is 7.02. The van der Waals surface area contributed by atoms with Crippen LogP contribution in [0.5, 0.6) is 0 Å². The molecule has 128 valence electrons. The molecular formula is C16H16F2N2O3S. The Hall–Kier alpha value is -2.32. The first-order valence-electron chi connectivity index (χ1n) is 7.04. The first-order chi connectivity index (χ1) is 11.2. The predicted molar refractivity (Wildman–Crippen MR) is 87.3 cm³/mol. The number of benzene rings is 2. The smallest absolute Gasteiger partial charge is 0.255 e. The number of anilines is 1. The molecule has 8 heteroatoms. The number of hydrogen-bond acceptors (Lipinski definition) is 3. The molecule has 0 aliphatic heterocycles. The standard InChI is InChI=1S/C16H16F2N2O3S/c1-24(22,23)19-9-8-11-2-4-12(5-3-11)16(21)20-15-10-13(17)6-7-14(15)18/h2-7,10,19H,8-9H2,1H3,(H,20,21). The Kier molecular flexibility index (Phi) is 5.63. The zero-order valence-electron chi connectivity index (χ0n) is 12.8. The van der Waals surface area contributed by atoms with Crippen molar-refractivity contribution in [3.63, 3.8) is 0 Å². The number of nitrogens with one attached hydrogen (secondary N) is 2. The number of carbonyl (C=O) groups is 1. The maximum absolute atomic E-state index is 13.5. The maximum Gasteiger partial charge on any atom is 0.255 e. The lowest BCUT2D eigenvalue weighted by Gasteiger charge is -2.08. The van der Waals surface area contributed by atoms with E-state index in [0.717, 1.165) is 30.0 Å². The van der Waals surface area contributed by atoms with Gasteiger partial charge in [-0.15, -0.1) is 0 Å². The van der Waals surface area contributed by atoms with Gasteiger partial charge in [0.25, 0.3) is 5.91 Å². The SMILES string of the molecule is CS(=O)(=O)NCCc1ccc(C(=O)Nc2cc(F)ccc2F)cc1. The summed E-state index contributed by atoms with van der Waals surface area (Å²) in [5.74, 6) is -1.95. The molecule has 2 N–H and O–H groups in total. The highest BCUT2D eigenvalue weighted by molar-refractivity contribution is 7.88. The Morgan fingerprint density at radius 3 is 2.38 bits per heavy atom. The van der Waals surface area contributed by atoms with E-state index in [0.29, 0.717) is 6.42 Å². The van der Waals surface area contributed by atoms with Gasteiger partial charge < -0.3 is 5.32 Å². The van der Waals surface area contributed by atoms with Crippen LogP contribution in [0.25, 0.3) is 0 Å². The van der Waals surface area contributed by atoms with Crippen molar-refractivity contribution in [1.82, 2.24) is 4.72 Å². The summed E-state index contributed by atoms with van der Waals surface area (Å²) in [5.41, 5.74) is 0.875. The van der Waals surface area contributed by atoms with Crippen LogP contribution in [0.3, 0.4) is 0 Å². The van der Waals surface area contributed by atoms with Crippen LogP contribution < -0.4 is 10.0 Å². The molecule has 2 aromatic rings. The summed E-state index contributed by atoms with van der Waals surface area (Å²) in [6, 6.07) is 9.19. The van der Waals surface area contributed by atoms with Gasteiger partial charge in [-0.1, -0.05) is 12.1 Å². The Morgan fingerprint density at radius 2 is 1.75 bits per heavy atom. The van der Waals surface area contributed by atoms with Crippen molar-refractivity contribution in [2.75, 3.05) is 18.1 Å². The average Bonchev–Trinajstić information content (AvgIpc) is 2.50. The fourth-order valence-electron chi connectivity index (χ4n) is 1.99. The predicted octanol–water partition coefficient (Wildman–Crippen LogP) is 2.31. The molecule has 1 amide bonds. The minimum absolute atomic E-state index is 0.235. The first-order valence-corrected chi connectivity index (χ1v) is 8.94. The van der Waals surface area contributed by atoms with Crippen molar-refractivity contribution in [3.8, 4) is 0 Å². The third kappa shape index (κ3) is 5.39. The summed E-state index contributed by atoms with van der Waals surface area (Å²) in [6.07, 6.45) is 1.54. The summed E-state index contributed by atoms with van der Waals surface area (Å²) >= 11 is 0. The summed E-state index contributed by atoms with van der Waals surface area (Å²) in [4.78, 5) is 12.0. The molecule has 0 unspecified atom stereocenters. The third-order valence-corrected chi connectivity index (χ3v) is 3.90. The van der Waals surface area contributed by atoms with E-state index < -0.39 is 27.6 Å². The second-order valence-electron chi connectivity index (χ2n) is 5.19. The maximum atomic E-state index is 13.5. The van der Waals surface area contributed by atoms with Gasteiger partial charge >= 0.3 is 0 Å². The van der Waals surface area contributed by atoms with Gasteiger partial charge in [-0.05, 0) is 36.2 Å². The van der Waals surface area contributed by atoms with E-state index in [1.807, 2.05) is 0 Å². The molecule has 0 fully saturated rings. The topological polar surface area (TPSA) is 75.3 Å². The normalized spacial score (nSPS) is 11.3. The van der Waals surface area contributed by atoms with Crippen molar-refractivity contribution in [3.05, 3.63) is 65.2 Å². The number of hydrogen-bond donors (Lipinski definition) is 2. The molecule has 5 nitrogen and oxygen atoms in total. The lowest BCUT2D eigenvalue weighted by molar-refractivity contribution is 0.102. The zero-order valence-corrected chi connectivity index (χ0v) is 13.7. The van der Waals surface area contributed by atoms with Crippen LogP contribution in [0.4, 0.5) is 14.5 Å². The molecule has 2 rings (SSSR count). The lowest BCUT2D eigenvalue weighted by Crippen LogP contribution is -2.24. The van der Waals surface area contributed by atoms with E-state index in [9.17, 15) is 22.0 Å². The van der Waals surface area contributed by atoms with Gasteiger partial charge in [-0.2, -0.15) is 0 Å². The van der Waals surface area contributed by atoms with Gasteiger partial charge in [-0.3, -0.25) is 4.79 Å². The highest BCUT2D eigenvalue weighted by Crippen LogP contribution is 2.16. The number of amides is 1. The quantitative estimate of drug-likeness (QED) is 0.836. The van der Waals surface area contributed by atoms with Gasteiger partial charge in [-0.25, -0.2) is 21.9 Å². The Labute approximate surface area is 138 Å². The van der Waals surface area contributed by atoms with Crippen molar-refractivity contribution >= 4 is 21.6 Å². The van der Waals surface area contributed by atoms with Crippen molar-refractivity contribution in [2.24, 2.45) is 0 Å². The molecule has 0 atom stereocenters. The van der Waals surface area contributed by atoms with E-state index in [-0.39, 0.29) is 17.8 Å². The largest absolute Gasteiger partial charge is 0.319 e. The molecular weight excluding hydrogens is 338 g/mol. The zero-order chi connectivity index (χ0) is 17.7. The van der Waals surface area contributed by atoms with Crippen LogP contribution >= 0.6 is 0 Å². The fraction of sp³-hybridized carbons (Fsp3) is 0.188. The van der Waals surface area contributed by atoms with E-state index in [4.69, 9.17) is 0 Å². The van der Waals surface area contributed by atoms with Gasteiger partial charge in [0.05, 0.1) is 11.9 Å². The van der Waals surface area contributed by atoms with Crippen molar-refractivity contribution in [1.29, 1.82) is 0 Å². The summed E-state index contributed by atoms with van der Waals surface area (Å²) in [6.45, 7) is 0.249. The Morgan fingerprint density at radius 1 is 1.08 bits per heavy atom. The minimum atomic E-state index is -3.24. The van der Waals surface area contributed by atoms with Crippen LogP contribution in [0, 0.1) is 11.6 Å². The van der Waals surface area contributed by atoms with Gasteiger partial charge in [0.1, 0.15) is 11.6 Å². The molecule has 0 aromatic heterocycles. The Balaban J connectivity index is 1.99. The van der Waals surface area contributed by atoms with Gasteiger partial charge in [0.2, 0.25) is 10.0 Å². The molecule has 0 aliphatic carbocycles. The highest BCUT2D eigenvalue weighted by Gasteiger charge is 2.10. The first kappa shape index (κ1) is 18.0. The van der Waals surface area contributed by atoms with Crippen LogP contribution in [0.2, 0.25) is 0 Å². The minimum Gasteiger partial charge on any atom is -0.319 e. The molecule has 0 saturated heterocycles. The molecule has 0 radical (unpaired) electrons. The van der Waals surface area contributed by atoms with E-state index >= 15 is 0 Å². The molecule has 0 saturated carbocycles. The average molecular weight is 354 g/mol. The van der Waals surface area contributed by atoms with Gasteiger partial charge in [0, 0.05) is 18.2 Å². The monoisotopic (exact) mass is 354 g/mol. The third-order valence-electron chi connectivity index (χ3n) is 3.17. The fourth-order valence-corrected chi connectivity index (χ4v) is 2.46. The molecule has 0 spiro atoms.